The average Bonchev–Trinajstić information content (AvgIpc) is 2.98. The van der Waals surface area contributed by atoms with Gasteiger partial charge in [0.25, 0.3) is 11.2 Å². The number of H-pyrrole nitrogens is 2. The maximum Gasteiger partial charge on any atom is 0.270 e. The minimum Gasteiger partial charge on any atom is -0.438 e. The van der Waals surface area contributed by atoms with Gasteiger partial charge >= 0.3 is 0 Å². The van der Waals surface area contributed by atoms with Crippen molar-refractivity contribution in [1.82, 2.24) is 15.2 Å². The van der Waals surface area contributed by atoms with Gasteiger partial charge in [0, 0.05) is 23.4 Å². The Bertz CT molecular complexity index is 1250. The molecule has 0 fully saturated rings. The highest BCUT2D eigenvalue weighted by Crippen LogP contribution is 2.50. The van der Waals surface area contributed by atoms with Crippen LogP contribution in [-0.4, -0.2) is 20.1 Å². The van der Waals surface area contributed by atoms with Crippen LogP contribution in [0.15, 0.2) is 23.0 Å². The van der Waals surface area contributed by atoms with Gasteiger partial charge in [-0.3, -0.25) is 20.0 Å². The zero-order chi connectivity index (χ0) is 20.2. The molecule has 11 heteroatoms. The number of nitro groups is 1. The molecule has 140 valence electrons. The van der Waals surface area contributed by atoms with E-state index in [1.165, 1.54) is 18.2 Å². The van der Waals surface area contributed by atoms with Crippen LogP contribution in [0.5, 0.6) is 11.6 Å². The number of hydrogen-bond donors (Lipinski definition) is 4. The Morgan fingerprint density at radius 2 is 2.07 bits per heavy atom. The van der Waals surface area contributed by atoms with E-state index >= 15 is 0 Å². The number of fused-ring (bicyclic) bond motifs is 2. The summed E-state index contributed by atoms with van der Waals surface area (Å²) in [5, 5.41) is 25.9. The number of nitrogen functional groups attached to an aromatic ring is 2. The first kappa shape index (κ1) is 17.1. The minimum atomic E-state index is -0.839. The molecule has 1 unspecified atom stereocenters. The summed E-state index contributed by atoms with van der Waals surface area (Å²) < 4.78 is 5.76. The number of nitrogens with two attached hydrogens (primary N) is 2. The highest BCUT2D eigenvalue weighted by molar-refractivity contribution is 5.75. The number of aromatic amines is 2. The van der Waals surface area contributed by atoms with E-state index < -0.39 is 16.4 Å². The Kier molecular flexibility index (Phi) is 3.57. The molecular weight excluding hydrogens is 366 g/mol. The molecule has 1 aliphatic rings. The summed E-state index contributed by atoms with van der Waals surface area (Å²) in [6.45, 7) is 1.67. The predicted molar refractivity (Wildman–Crippen MR) is 98.0 cm³/mol. The molecule has 2 aromatic heterocycles. The normalized spacial score (nSPS) is 14.5. The molecule has 0 saturated heterocycles. The topological polar surface area (TPSA) is 190 Å². The van der Waals surface area contributed by atoms with Crippen molar-refractivity contribution in [1.29, 1.82) is 5.26 Å². The third-order valence-electron chi connectivity index (χ3n) is 4.69. The summed E-state index contributed by atoms with van der Waals surface area (Å²) in [4.78, 5) is 27.3. The van der Waals surface area contributed by atoms with E-state index in [0.717, 1.165) is 0 Å². The molecule has 0 radical (unpaired) electrons. The Labute approximate surface area is 156 Å². The van der Waals surface area contributed by atoms with Crippen LogP contribution in [0.1, 0.15) is 33.9 Å². The second-order valence-corrected chi connectivity index (χ2v) is 6.25. The minimum absolute atomic E-state index is 0.00663. The predicted octanol–water partition coefficient (Wildman–Crippen LogP) is 1.64. The van der Waals surface area contributed by atoms with Crippen molar-refractivity contribution in [3.8, 4) is 17.7 Å². The number of non-ortho nitro benzene ring substituents is 1. The van der Waals surface area contributed by atoms with Crippen molar-refractivity contribution in [2.45, 2.75) is 12.8 Å². The molecule has 1 aliphatic heterocycles. The standard InChI is InChI=1S/C17H13N7O4/c1-6-11(16(25)23-22-6)12-8-4-7(24(26)27)2-3-10(8)28-17-13(12)14(19)9(5-18)15(20)21-17/h2-4,12H,1H3,(H4,19,20,21)(H2,22,23,25). The first-order valence-corrected chi connectivity index (χ1v) is 8.05. The van der Waals surface area contributed by atoms with Crippen molar-refractivity contribution in [2.24, 2.45) is 0 Å². The molecule has 1 aromatic carbocycles. The van der Waals surface area contributed by atoms with Gasteiger partial charge in [0.15, 0.2) is 0 Å². The molecule has 0 amide bonds. The number of nitrogens with zero attached hydrogens (tertiary/aromatic N) is 3. The van der Waals surface area contributed by atoms with E-state index in [2.05, 4.69) is 15.2 Å². The van der Waals surface area contributed by atoms with Gasteiger partial charge in [-0.25, -0.2) is 0 Å². The molecule has 3 aromatic rings. The number of anilines is 2. The van der Waals surface area contributed by atoms with E-state index in [9.17, 15) is 20.2 Å². The fourth-order valence-corrected chi connectivity index (χ4v) is 3.42. The van der Waals surface area contributed by atoms with Gasteiger partial charge in [0.2, 0.25) is 5.88 Å². The van der Waals surface area contributed by atoms with E-state index in [1.807, 2.05) is 6.07 Å². The number of aromatic nitrogens is 3. The summed E-state index contributed by atoms with van der Waals surface area (Å²) in [5.41, 5.74) is 12.8. The second-order valence-electron chi connectivity index (χ2n) is 6.25. The average molecular weight is 379 g/mol. The van der Waals surface area contributed by atoms with Crippen LogP contribution in [0, 0.1) is 28.4 Å². The van der Waals surface area contributed by atoms with E-state index in [1.54, 1.807) is 6.92 Å². The van der Waals surface area contributed by atoms with Crippen LogP contribution in [0.3, 0.4) is 0 Å². The van der Waals surface area contributed by atoms with Crippen LogP contribution in [0.4, 0.5) is 17.2 Å². The molecule has 0 spiro atoms. The second kappa shape index (κ2) is 5.85. The Balaban J connectivity index is 2.11. The van der Waals surface area contributed by atoms with Gasteiger partial charge < -0.3 is 21.3 Å². The lowest BCUT2D eigenvalue weighted by Crippen LogP contribution is -2.21. The third kappa shape index (κ3) is 2.28. The summed E-state index contributed by atoms with van der Waals surface area (Å²) in [5.74, 6) is -0.629. The van der Waals surface area contributed by atoms with Gasteiger partial charge in [0.05, 0.1) is 27.7 Å². The maximum atomic E-state index is 12.5. The van der Waals surface area contributed by atoms with Gasteiger partial charge in [-0.1, -0.05) is 0 Å². The summed E-state index contributed by atoms with van der Waals surface area (Å²) in [6.07, 6.45) is 0. The number of hydrogen-bond acceptors (Lipinski definition) is 8. The van der Waals surface area contributed by atoms with Gasteiger partial charge in [-0.05, 0) is 13.0 Å². The molecule has 28 heavy (non-hydrogen) atoms. The monoisotopic (exact) mass is 379 g/mol. The lowest BCUT2D eigenvalue weighted by molar-refractivity contribution is -0.384. The van der Waals surface area contributed by atoms with Gasteiger partial charge in [0.1, 0.15) is 23.2 Å². The molecule has 0 aliphatic carbocycles. The molecule has 0 bridgehead atoms. The summed E-state index contributed by atoms with van der Waals surface area (Å²) >= 11 is 0. The Morgan fingerprint density at radius 1 is 1.32 bits per heavy atom. The van der Waals surface area contributed by atoms with E-state index in [0.29, 0.717) is 11.3 Å². The maximum absolute atomic E-state index is 12.5. The van der Waals surface area contributed by atoms with Crippen LogP contribution in [0.2, 0.25) is 0 Å². The Morgan fingerprint density at radius 3 is 2.68 bits per heavy atom. The highest BCUT2D eigenvalue weighted by Gasteiger charge is 2.37. The van der Waals surface area contributed by atoms with Crippen molar-refractivity contribution >= 4 is 17.2 Å². The van der Waals surface area contributed by atoms with Crippen molar-refractivity contribution in [2.75, 3.05) is 11.5 Å². The lowest BCUT2D eigenvalue weighted by atomic mass is 9.82. The molecule has 1 atom stereocenters. The number of rotatable bonds is 2. The zero-order valence-corrected chi connectivity index (χ0v) is 14.4. The largest absolute Gasteiger partial charge is 0.438 e. The molecule has 6 N–H and O–H groups in total. The smallest absolute Gasteiger partial charge is 0.270 e. The quantitative estimate of drug-likeness (QED) is 0.298. The molecule has 4 rings (SSSR count). The first-order chi connectivity index (χ1) is 13.3. The first-order valence-electron chi connectivity index (χ1n) is 8.05. The molecular formula is C17H13N7O4. The van der Waals surface area contributed by atoms with Gasteiger partial charge in [-0.2, -0.15) is 10.2 Å². The molecule has 3 heterocycles. The van der Waals surface area contributed by atoms with Crippen molar-refractivity contribution in [3.05, 3.63) is 66.6 Å². The van der Waals surface area contributed by atoms with Crippen LogP contribution in [-0.2, 0) is 0 Å². The van der Waals surface area contributed by atoms with Crippen molar-refractivity contribution < 1.29 is 9.66 Å². The lowest BCUT2D eigenvalue weighted by Gasteiger charge is -2.28. The molecule has 11 nitrogen and oxygen atoms in total. The number of nitriles is 1. The number of pyridine rings is 1. The fraction of sp³-hybridized carbons (Fsp3) is 0.118. The number of nitro benzene ring substituents is 1. The fourth-order valence-electron chi connectivity index (χ4n) is 3.42. The van der Waals surface area contributed by atoms with Crippen LogP contribution < -0.4 is 21.8 Å². The summed E-state index contributed by atoms with van der Waals surface area (Å²) in [7, 11) is 0. The highest BCUT2D eigenvalue weighted by atomic mass is 16.6. The third-order valence-corrected chi connectivity index (χ3v) is 4.69. The number of aryl methyl sites for hydroxylation is 1. The van der Waals surface area contributed by atoms with E-state index in [4.69, 9.17) is 16.2 Å². The van der Waals surface area contributed by atoms with Gasteiger partial charge in [-0.15, -0.1) is 0 Å². The SMILES string of the molecule is Cc1[nH][nH]c(=O)c1C1c2cc([N+](=O)[O-])ccc2Oc2nc(N)c(C#N)c(N)c21. The van der Waals surface area contributed by atoms with Crippen LogP contribution in [0.25, 0.3) is 0 Å². The van der Waals surface area contributed by atoms with E-state index in [-0.39, 0.29) is 45.5 Å². The zero-order valence-electron chi connectivity index (χ0n) is 14.4. The number of ether oxygens (including phenoxy) is 1. The summed E-state index contributed by atoms with van der Waals surface area (Å²) in [6, 6.07) is 5.91. The van der Waals surface area contributed by atoms with Crippen molar-refractivity contribution in [3.63, 3.8) is 0 Å². The Hall–Kier alpha value is -4.33. The number of benzene rings is 1. The molecule has 0 saturated carbocycles. The van der Waals surface area contributed by atoms with Crippen LogP contribution >= 0.6 is 0 Å². The number of nitrogens with one attached hydrogen (secondary N) is 2.